The summed E-state index contributed by atoms with van der Waals surface area (Å²) in [6, 6.07) is 9.52. The molecular formula is C16H8ClN3O6. The number of nitrogens with zero attached hydrogens (tertiary/aromatic N) is 3. The number of halogens is 1. The topological polar surface area (TPSA) is 125 Å². The third kappa shape index (κ3) is 3.03. The van der Waals surface area contributed by atoms with E-state index in [1.807, 2.05) is 0 Å². The summed E-state index contributed by atoms with van der Waals surface area (Å²) >= 11 is 5.90. The second-order valence-electron chi connectivity index (χ2n) is 5.03. The third-order valence-electron chi connectivity index (χ3n) is 3.49. The maximum atomic E-state index is 12.5. The van der Waals surface area contributed by atoms with Crippen LogP contribution in [-0.2, 0) is 0 Å². The van der Waals surface area contributed by atoms with Crippen LogP contribution in [0.1, 0.15) is 10.4 Å². The van der Waals surface area contributed by atoms with E-state index in [-0.39, 0.29) is 10.5 Å². The molecule has 3 rings (SSSR count). The first-order valence-electron chi connectivity index (χ1n) is 7.07. The van der Waals surface area contributed by atoms with Crippen LogP contribution in [-0.4, -0.2) is 20.8 Å². The van der Waals surface area contributed by atoms with Crippen LogP contribution in [0.2, 0.25) is 5.02 Å². The Morgan fingerprint density at radius 3 is 2.42 bits per heavy atom. The first-order chi connectivity index (χ1) is 12.4. The average Bonchev–Trinajstić information content (AvgIpc) is 2.61. The Labute approximate surface area is 150 Å². The van der Waals surface area contributed by atoms with Gasteiger partial charge in [-0.1, -0.05) is 23.7 Å². The normalized spacial score (nSPS) is 10.5. The maximum Gasteiger partial charge on any atom is 0.352 e. The third-order valence-corrected chi connectivity index (χ3v) is 3.81. The zero-order valence-corrected chi connectivity index (χ0v) is 13.5. The van der Waals surface area contributed by atoms with E-state index in [1.165, 1.54) is 24.4 Å². The SMILES string of the molecule is O=C(Oc1c([N+](=O)[O-])ccc2cccnc12)c1c(Cl)cccc1[N+](=O)[O-]. The Bertz CT molecular complexity index is 1070. The zero-order chi connectivity index (χ0) is 18.8. The van der Waals surface area contributed by atoms with Gasteiger partial charge < -0.3 is 4.74 Å². The van der Waals surface area contributed by atoms with Crippen molar-refractivity contribution < 1.29 is 19.4 Å². The summed E-state index contributed by atoms with van der Waals surface area (Å²) in [7, 11) is 0. The van der Waals surface area contributed by atoms with E-state index in [9.17, 15) is 25.0 Å². The van der Waals surface area contributed by atoms with Crippen LogP contribution < -0.4 is 4.74 Å². The van der Waals surface area contributed by atoms with Crippen molar-refractivity contribution in [3.63, 3.8) is 0 Å². The maximum absolute atomic E-state index is 12.5. The number of carbonyl (C=O) groups excluding carboxylic acids is 1. The molecular weight excluding hydrogens is 366 g/mol. The standard InChI is InChI=1S/C16H8ClN3O6/c17-10-4-1-5-11(19(22)23)13(10)16(21)26-15-12(20(24)25)7-6-9-3-2-8-18-14(9)15/h1-8H. The second-order valence-corrected chi connectivity index (χ2v) is 5.43. The first kappa shape index (κ1) is 17.2. The lowest BCUT2D eigenvalue weighted by Crippen LogP contribution is -2.13. The summed E-state index contributed by atoms with van der Waals surface area (Å²) in [6.45, 7) is 0. The van der Waals surface area contributed by atoms with Crippen molar-refractivity contribution in [1.82, 2.24) is 4.98 Å². The van der Waals surface area contributed by atoms with Gasteiger partial charge in [0.1, 0.15) is 5.52 Å². The largest absolute Gasteiger partial charge is 0.413 e. The molecule has 2 aromatic carbocycles. The van der Waals surface area contributed by atoms with Crippen molar-refractivity contribution in [2.75, 3.05) is 0 Å². The van der Waals surface area contributed by atoms with Crippen molar-refractivity contribution in [2.24, 2.45) is 0 Å². The number of nitro groups is 2. The van der Waals surface area contributed by atoms with Gasteiger partial charge in [0.2, 0.25) is 5.75 Å². The highest BCUT2D eigenvalue weighted by Crippen LogP contribution is 2.36. The highest BCUT2D eigenvalue weighted by atomic mass is 35.5. The van der Waals surface area contributed by atoms with E-state index >= 15 is 0 Å². The van der Waals surface area contributed by atoms with Gasteiger partial charge in [0.25, 0.3) is 5.69 Å². The fourth-order valence-electron chi connectivity index (χ4n) is 2.36. The number of benzene rings is 2. The van der Waals surface area contributed by atoms with Crippen LogP contribution in [0.5, 0.6) is 5.75 Å². The molecule has 0 aliphatic rings. The van der Waals surface area contributed by atoms with Gasteiger partial charge in [0.15, 0.2) is 5.56 Å². The van der Waals surface area contributed by atoms with Gasteiger partial charge in [-0.3, -0.25) is 25.2 Å². The average molecular weight is 374 g/mol. The molecule has 0 aliphatic heterocycles. The van der Waals surface area contributed by atoms with E-state index in [4.69, 9.17) is 16.3 Å². The smallest absolute Gasteiger partial charge is 0.352 e. The van der Waals surface area contributed by atoms with Crippen LogP contribution in [0, 0.1) is 20.2 Å². The number of ether oxygens (including phenoxy) is 1. The summed E-state index contributed by atoms with van der Waals surface area (Å²) in [5, 5.41) is 22.7. The van der Waals surface area contributed by atoms with Crippen LogP contribution in [0.25, 0.3) is 10.9 Å². The molecule has 0 fully saturated rings. The minimum atomic E-state index is -1.19. The molecule has 0 amide bonds. The van der Waals surface area contributed by atoms with Crippen molar-refractivity contribution in [1.29, 1.82) is 0 Å². The van der Waals surface area contributed by atoms with Gasteiger partial charge in [-0.25, -0.2) is 4.79 Å². The molecule has 0 saturated heterocycles. The summed E-state index contributed by atoms with van der Waals surface area (Å²) in [4.78, 5) is 37.4. The van der Waals surface area contributed by atoms with Gasteiger partial charge in [-0.15, -0.1) is 0 Å². The highest BCUT2D eigenvalue weighted by Gasteiger charge is 2.29. The van der Waals surface area contributed by atoms with E-state index in [1.54, 1.807) is 12.1 Å². The predicted molar refractivity (Wildman–Crippen MR) is 91.5 cm³/mol. The summed E-state index contributed by atoms with van der Waals surface area (Å²) in [5.74, 6) is -1.60. The molecule has 0 radical (unpaired) electrons. The van der Waals surface area contributed by atoms with Crippen molar-refractivity contribution in [2.45, 2.75) is 0 Å². The zero-order valence-electron chi connectivity index (χ0n) is 12.8. The molecule has 0 atom stereocenters. The minimum Gasteiger partial charge on any atom is -0.413 e. The Kier molecular flexibility index (Phi) is 4.46. The van der Waals surface area contributed by atoms with Crippen molar-refractivity contribution >= 4 is 39.8 Å². The molecule has 0 spiro atoms. The monoisotopic (exact) mass is 373 g/mol. The molecule has 0 unspecified atom stereocenters. The van der Waals surface area contributed by atoms with Gasteiger partial charge >= 0.3 is 11.7 Å². The molecule has 9 nitrogen and oxygen atoms in total. The first-order valence-corrected chi connectivity index (χ1v) is 7.45. The highest BCUT2D eigenvalue weighted by molar-refractivity contribution is 6.34. The number of hydrogen-bond donors (Lipinski definition) is 0. The molecule has 10 heteroatoms. The van der Waals surface area contributed by atoms with E-state index in [2.05, 4.69) is 4.98 Å². The van der Waals surface area contributed by atoms with E-state index in [0.717, 1.165) is 12.1 Å². The molecule has 3 aromatic rings. The predicted octanol–water partition coefficient (Wildman–Crippen LogP) is 3.92. The van der Waals surface area contributed by atoms with Gasteiger partial charge in [0, 0.05) is 23.7 Å². The fraction of sp³-hybridized carbons (Fsp3) is 0. The van der Waals surface area contributed by atoms with Crippen LogP contribution in [0.15, 0.2) is 48.7 Å². The number of esters is 1. The number of aromatic nitrogens is 1. The molecule has 1 heterocycles. The Balaban J connectivity index is 2.16. The van der Waals surface area contributed by atoms with Crippen molar-refractivity contribution in [3.8, 4) is 5.75 Å². The van der Waals surface area contributed by atoms with Crippen LogP contribution in [0.4, 0.5) is 11.4 Å². The van der Waals surface area contributed by atoms with E-state index in [0.29, 0.717) is 5.39 Å². The molecule has 0 aliphatic carbocycles. The molecule has 26 heavy (non-hydrogen) atoms. The van der Waals surface area contributed by atoms with Gasteiger partial charge in [0.05, 0.1) is 14.9 Å². The molecule has 0 bridgehead atoms. The molecule has 0 saturated carbocycles. The lowest BCUT2D eigenvalue weighted by Gasteiger charge is -2.09. The molecule has 1 aromatic heterocycles. The Morgan fingerprint density at radius 2 is 1.73 bits per heavy atom. The number of nitro benzene ring substituents is 2. The second kappa shape index (κ2) is 6.73. The summed E-state index contributed by atoms with van der Waals surface area (Å²) in [5.41, 5.74) is -1.50. The fourth-order valence-corrected chi connectivity index (χ4v) is 2.61. The minimum absolute atomic E-state index is 0.0738. The quantitative estimate of drug-likeness (QED) is 0.293. The summed E-state index contributed by atoms with van der Waals surface area (Å²) in [6.07, 6.45) is 1.38. The number of fused-ring (bicyclic) bond motifs is 1. The van der Waals surface area contributed by atoms with E-state index < -0.39 is 38.5 Å². The Hall–Kier alpha value is -3.59. The molecule has 0 N–H and O–H groups in total. The Morgan fingerprint density at radius 1 is 1.00 bits per heavy atom. The lowest BCUT2D eigenvalue weighted by atomic mass is 10.1. The number of carbonyl (C=O) groups is 1. The van der Waals surface area contributed by atoms with Gasteiger partial charge in [-0.2, -0.15) is 0 Å². The van der Waals surface area contributed by atoms with Gasteiger partial charge in [-0.05, 0) is 18.2 Å². The number of pyridine rings is 1. The molecule has 130 valence electrons. The number of hydrogen-bond acceptors (Lipinski definition) is 7. The lowest BCUT2D eigenvalue weighted by molar-refractivity contribution is -0.386. The van der Waals surface area contributed by atoms with Crippen molar-refractivity contribution in [3.05, 3.63) is 79.5 Å². The van der Waals surface area contributed by atoms with Crippen LogP contribution >= 0.6 is 11.6 Å². The number of rotatable bonds is 4. The summed E-state index contributed by atoms with van der Waals surface area (Å²) < 4.78 is 5.15. The van der Waals surface area contributed by atoms with Crippen LogP contribution in [0.3, 0.4) is 0 Å².